The van der Waals surface area contributed by atoms with Crippen molar-refractivity contribution in [3.8, 4) is 5.75 Å². The fourth-order valence-corrected chi connectivity index (χ4v) is 3.34. The molecule has 4 heteroatoms. The third kappa shape index (κ3) is 2.52. The quantitative estimate of drug-likeness (QED) is 0.869. The molecule has 21 heavy (non-hydrogen) atoms. The number of ether oxygens (including phenoxy) is 1. The van der Waals surface area contributed by atoms with Gasteiger partial charge in [0.2, 0.25) is 0 Å². The molecule has 3 rings (SSSR count). The van der Waals surface area contributed by atoms with E-state index in [2.05, 4.69) is 19.9 Å². The van der Waals surface area contributed by atoms with Gasteiger partial charge >= 0.3 is 0 Å². The SMILES string of the molecule is CC1(C)COc2ccc(C(N)c3c(Cl)cccc3Cl)cc21. The van der Waals surface area contributed by atoms with Crippen LogP contribution in [0.15, 0.2) is 36.4 Å². The monoisotopic (exact) mass is 321 g/mol. The van der Waals surface area contributed by atoms with Crippen LogP contribution in [0.2, 0.25) is 10.0 Å². The first-order valence-electron chi connectivity index (χ1n) is 6.87. The third-order valence-corrected chi connectivity index (χ3v) is 4.65. The minimum atomic E-state index is -0.354. The Kier molecular flexibility index (Phi) is 3.64. The number of benzene rings is 2. The van der Waals surface area contributed by atoms with Gasteiger partial charge < -0.3 is 10.5 Å². The highest BCUT2D eigenvalue weighted by Gasteiger charge is 2.32. The van der Waals surface area contributed by atoms with Crippen molar-refractivity contribution < 1.29 is 4.74 Å². The van der Waals surface area contributed by atoms with Gasteiger partial charge in [-0.1, -0.05) is 49.2 Å². The minimum Gasteiger partial charge on any atom is -0.492 e. The van der Waals surface area contributed by atoms with E-state index in [4.69, 9.17) is 33.7 Å². The lowest BCUT2D eigenvalue weighted by Crippen LogP contribution is -2.19. The van der Waals surface area contributed by atoms with Crippen LogP contribution in [0.1, 0.15) is 36.6 Å². The first kappa shape index (κ1) is 14.7. The summed E-state index contributed by atoms with van der Waals surface area (Å²) < 4.78 is 5.71. The van der Waals surface area contributed by atoms with Crippen molar-refractivity contribution in [2.75, 3.05) is 6.61 Å². The standard InChI is InChI=1S/C17H17Cl2NO/c1-17(2)9-21-14-7-6-10(8-11(14)17)16(20)15-12(18)4-3-5-13(15)19/h3-8,16H,9,20H2,1-2H3. The molecule has 2 aromatic carbocycles. The second-order valence-electron chi connectivity index (χ2n) is 6.04. The highest BCUT2D eigenvalue weighted by atomic mass is 35.5. The van der Waals surface area contributed by atoms with Gasteiger partial charge in [-0.25, -0.2) is 0 Å². The lowest BCUT2D eigenvalue weighted by Gasteiger charge is -2.19. The van der Waals surface area contributed by atoms with Crippen molar-refractivity contribution in [1.82, 2.24) is 0 Å². The molecule has 1 atom stereocenters. The van der Waals surface area contributed by atoms with Gasteiger partial charge in [0.1, 0.15) is 5.75 Å². The van der Waals surface area contributed by atoms with E-state index in [0.717, 1.165) is 16.9 Å². The number of hydrogen-bond donors (Lipinski definition) is 1. The summed E-state index contributed by atoms with van der Waals surface area (Å²) in [7, 11) is 0. The van der Waals surface area contributed by atoms with Crippen molar-refractivity contribution in [1.29, 1.82) is 0 Å². The number of nitrogens with two attached hydrogens (primary N) is 1. The van der Waals surface area contributed by atoms with Crippen LogP contribution in [-0.4, -0.2) is 6.61 Å². The Morgan fingerprint density at radius 1 is 1.14 bits per heavy atom. The Hall–Kier alpha value is -1.22. The molecule has 2 nitrogen and oxygen atoms in total. The molecule has 0 radical (unpaired) electrons. The number of rotatable bonds is 2. The molecule has 0 saturated heterocycles. The highest BCUT2D eigenvalue weighted by molar-refractivity contribution is 6.36. The van der Waals surface area contributed by atoms with Crippen LogP contribution < -0.4 is 10.5 Å². The fourth-order valence-electron chi connectivity index (χ4n) is 2.71. The van der Waals surface area contributed by atoms with E-state index >= 15 is 0 Å². The lowest BCUT2D eigenvalue weighted by atomic mass is 9.85. The zero-order valence-electron chi connectivity index (χ0n) is 12.0. The van der Waals surface area contributed by atoms with Crippen LogP contribution in [0.25, 0.3) is 0 Å². The largest absolute Gasteiger partial charge is 0.492 e. The zero-order chi connectivity index (χ0) is 15.2. The highest BCUT2D eigenvalue weighted by Crippen LogP contribution is 2.41. The van der Waals surface area contributed by atoms with Crippen molar-refractivity contribution in [2.24, 2.45) is 5.73 Å². The van der Waals surface area contributed by atoms with Crippen molar-refractivity contribution in [3.05, 3.63) is 63.1 Å². The number of fused-ring (bicyclic) bond motifs is 1. The predicted molar refractivity (Wildman–Crippen MR) is 87.5 cm³/mol. The molecule has 110 valence electrons. The summed E-state index contributed by atoms with van der Waals surface area (Å²) in [6.45, 7) is 5.01. The fraction of sp³-hybridized carbons (Fsp3) is 0.294. The Balaban J connectivity index is 2.06. The molecular formula is C17H17Cl2NO. The van der Waals surface area contributed by atoms with E-state index in [1.165, 1.54) is 5.56 Å². The number of halogens is 2. The molecule has 0 saturated carbocycles. The molecular weight excluding hydrogens is 305 g/mol. The van der Waals surface area contributed by atoms with E-state index in [0.29, 0.717) is 16.7 Å². The molecule has 0 bridgehead atoms. The van der Waals surface area contributed by atoms with Crippen LogP contribution >= 0.6 is 23.2 Å². The van der Waals surface area contributed by atoms with Gasteiger partial charge in [0.15, 0.2) is 0 Å². The van der Waals surface area contributed by atoms with Gasteiger partial charge in [-0.3, -0.25) is 0 Å². The molecule has 2 aromatic rings. The normalized spacial score (nSPS) is 17.2. The van der Waals surface area contributed by atoms with Gasteiger partial charge in [0.05, 0.1) is 12.6 Å². The van der Waals surface area contributed by atoms with Gasteiger partial charge in [-0.2, -0.15) is 0 Å². The van der Waals surface area contributed by atoms with Crippen LogP contribution in [0.3, 0.4) is 0 Å². The van der Waals surface area contributed by atoms with Gasteiger partial charge in [0, 0.05) is 26.6 Å². The molecule has 1 aliphatic heterocycles. The van der Waals surface area contributed by atoms with Crippen molar-refractivity contribution in [2.45, 2.75) is 25.3 Å². The summed E-state index contributed by atoms with van der Waals surface area (Å²) in [5.41, 5.74) is 9.32. The van der Waals surface area contributed by atoms with Gasteiger partial charge in [-0.15, -0.1) is 0 Å². The molecule has 0 spiro atoms. The molecule has 1 unspecified atom stereocenters. The summed E-state index contributed by atoms with van der Waals surface area (Å²) in [5.74, 6) is 0.932. The molecule has 1 heterocycles. The zero-order valence-corrected chi connectivity index (χ0v) is 13.5. The van der Waals surface area contributed by atoms with Crippen molar-refractivity contribution >= 4 is 23.2 Å². The third-order valence-electron chi connectivity index (χ3n) is 3.99. The first-order valence-corrected chi connectivity index (χ1v) is 7.62. The maximum atomic E-state index is 6.39. The van der Waals surface area contributed by atoms with E-state index in [1.54, 1.807) is 0 Å². The van der Waals surface area contributed by atoms with Crippen molar-refractivity contribution in [3.63, 3.8) is 0 Å². The number of hydrogen-bond acceptors (Lipinski definition) is 2. The molecule has 2 N–H and O–H groups in total. The second-order valence-corrected chi connectivity index (χ2v) is 6.86. The average molecular weight is 322 g/mol. The molecule has 1 aliphatic rings. The molecule has 0 fully saturated rings. The smallest absolute Gasteiger partial charge is 0.123 e. The molecule has 0 amide bonds. The Morgan fingerprint density at radius 2 is 1.81 bits per heavy atom. The van der Waals surface area contributed by atoms with Gasteiger partial charge in [-0.05, 0) is 29.8 Å². The van der Waals surface area contributed by atoms with E-state index in [-0.39, 0.29) is 11.5 Å². The summed E-state index contributed by atoms with van der Waals surface area (Å²) >= 11 is 12.5. The molecule has 0 aliphatic carbocycles. The van der Waals surface area contributed by atoms with E-state index < -0.39 is 0 Å². The topological polar surface area (TPSA) is 35.2 Å². The minimum absolute atomic E-state index is 0.00462. The maximum Gasteiger partial charge on any atom is 0.123 e. The lowest BCUT2D eigenvalue weighted by molar-refractivity contribution is 0.291. The van der Waals surface area contributed by atoms with Crippen LogP contribution in [0, 0.1) is 0 Å². The first-order chi connectivity index (χ1) is 9.90. The maximum absolute atomic E-state index is 6.39. The summed E-state index contributed by atoms with van der Waals surface area (Å²) in [6.07, 6.45) is 0. The Labute approximate surface area is 134 Å². The van der Waals surface area contributed by atoms with E-state index in [9.17, 15) is 0 Å². The predicted octanol–water partition coefficient (Wildman–Crippen LogP) is 4.71. The summed E-state index contributed by atoms with van der Waals surface area (Å²) in [6, 6.07) is 11.1. The Bertz CT molecular complexity index is 677. The Morgan fingerprint density at radius 3 is 2.48 bits per heavy atom. The summed E-state index contributed by atoms with van der Waals surface area (Å²) in [4.78, 5) is 0. The van der Waals surface area contributed by atoms with Crippen LogP contribution in [-0.2, 0) is 5.41 Å². The van der Waals surface area contributed by atoms with Crippen LogP contribution in [0.4, 0.5) is 0 Å². The second kappa shape index (κ2) is 5.20. The van der Waals surface area contributed by atoms with E-state index in [1.807, 2.05) is 30.3 Å². The van der Waals surface area contributed by atoms with Gasteiger partial charge in [0.25, 0.3) is 0 Å². The van der Waals surface area contributed by atoms with Crippen LogP contribution in [0.5, 0.6) is 5.75 Å². The molecule has 0 aromatic heterocycles. The average Bonchev–Trinajstić information content (AvgIpc) is 2.74. The summed E-state index contributed by atoms with van der Waals surface area (Å²) in [5, 5.41) is 1.18.